The number of H-pyrrole nitrogens is 1. The number of amides is 1. The maximum Gasteiger partial charge on any atom is 0.228 e. The molecular formula is C15H12ClN3O. The molecule has 100 valence electrons. The van der Waals surface area contributed by atoms with Crippen LogP contribution in [0.4, 0.5) is 5.69 Å². The van der Waals surface area contributed by atoms with Crippen LogP contribution in [0, 0.1) is 0 Å². The number of halogens is 1. The minimum absolute atomic E-state index is 0.0637. The van der Waals surface area contributed by atoms with Gasteiger partial charge in [0.25, 0.3) is 0 Å². The van der Waals surface area contributed by atoms with E-state index in [0.29, 0.717) is 11.4 Å². The molecule has 2 N–H and O–H groups in total. The first kappa shape index (κ1) is 12.7. The smallest absolute Gasteiger partial charge is 0.228 e. The first-order chi connectivity index (χ1) is 9.70. The van der Waals surface area contributed by atoms with Gasteiger partial charge in [0.2, 0.25) is 5.91 Å². The fourth-order valence-electron chi connectivity index (χ4n) is 2.01. The van der Waals surface area contributed by atoms with E-state index in [1.54, 1.807) is 18.5 Å². The van der Waals surface area contributed by atoms with Crippen molar-refractivity contribution in [3.8, 4) is 0 Å². The number of hydrogen-bond donors (Lipinski definition) is 2. The molecule has 0 saturated carbocycles. The standard InChI is InChI=1S/C15H12ClN3O/c16-11-3-1-10(2-4-11)7-15(20)19-12-5-6-13-14(8-12)18-9-17-13/h1-6,8-9H,7H2,(H,17,18)(H,19,20). The van der Waals surface area contributed by atoms with E-state index in [-0.39, 0.29) is 5.91 Å². The van der Waals surface area contributed by atoms with Gasteiger partial charge in [-0.1, -0.05) is 23.7 Å². The van der Waals surface area contributed by atoms with E-state index in [0.717, 1.165) is 22.3 Å². The van der Waals surface area contributed by atoms with E-state index >= 15 is 0 Å². The van der Waals surface area contributed by atoms with Crippen molar-refractivity contribution in [1.82, 2.24) is 9.97 Å². The summed E-state index contributed by atoms with van der Waals surface area (Å²) < 4.78 is 0. The number of anilines is 1. The lowest BCUT2D eigenvalue weighted by Crippen LogP contribution is -2.14. The van der Waals surface area contributed by atoms with Crippen LogP contribution in [0.1, 0.15) is 5.56 Å². The fourth-order valence-corrected chi connectivity index (χ4v) is 2.13. The Morgan fingerprint density at radius 3 is 2.80 bits per heavy atom. The highest BCUT2D eigenvalue weighted by Crippen LogP contribution is 2.16. The molecule has 0 spiro atoms. The molecule has 0 aliphatic carbocycles. The minimum Gasteiger partial charge on any atom is -0.345 e. The summed E-state index contributed by atoms with van der Waals surface area (Å²) in [6.07, 6.45) is 1.95. The quantitative estimate of drug-likeness (QED) is 0.775. The predicted octanol–water partition coefficient (Wildman–Crippen LogP) is 3.40. The molecule has 4 nitrogen and oxygen atoms in total. The topological polar surface area (TPSA) is 57.8 Å². The molecule has 2 aromatic carbocycles. The zero-order chi connectivity index (χ0) is 13.9. The number of rotatable bonds is 3. The van der Waals surface area contributed by atoms with E-state index in [9.17, 15) is 4.79 Å². The summed E-state index contributed by atoms with van der Waals surface area (Å²) in [7, 11) is 0. The van der Waals surface area contributed by atoms with Gasteiger partial charge in [0, 0.05) is 10.7 Å². The van der Waals surface area contributed by atoms with Crippen molar-refractivity contribution in [2.24, 2.45) is 0 Å². The van der Waals surface area contributed by atoms with Gasteiger partial charge < -0.3 is 10.3 Å². The number of nitrogens with zero attached hydrogens (tertiary/aromatic N) is 1. The zero-order valence-corrected chi connectivity index (χ0v) is 11.3. The Hall–Kier alpha value is -2.33. The third-order valence-electron chi connectivity index (χ3n) is 2.98. The molecule has 3 aromatic rings. The molecule has 0 saturated heterocycles. The molecule has 0 aliphatic rings. The van der Waals surface area contributed by atoms with Gasteiger partial charge in [-0.05, 0) is 35.9 Å². The van der Waals surface area contributed by atoms with Crippen molar-refractivity contribution in [2.45, 2.75) is 6.42 Å². The molecule has 1 amide bonds. The van der Waals surface area contributed by atoms with E-state index in [4.69, 9.17) is 11.6 Å². The van der Waals surface area contributed by atoms with E-state index in [1.807, 2.05) is 30.3 Å². The highest BCUT2D eigenvalue weighted by molar-refractivity contribution is 6.30. The summed E-state index contributed by atoms with van der Waals surface area (Å²) >= 11 is 5.81. The first-order valence-corrected chi connectivity index (χ1v) is 6.56. The third-order valence-corrected chi connectivity index (χ3v) is 3.23. The van der Waals surface area contributed by atoms with Gasteiger partial charge in [-0.3, -0.25) is 4.79 Å². The number of aromatic nitrogens is 2. The lowest BCUT2D eigenvalue weighted by atomic mass is 10.1. The lowest BCUT2D eigenvalue weighted by Gasteiger charge is -2.05. The van der Waals surface area contributed by atoms with Crippen molar-refractivity contribution in [1.29, 1.82) is 0 Å². The summed E-state index contributed by atoms with van der Waals surface area (Å²) in [5.74, 6) is -0.0637. The molecule has 1 heterocycles. The predicted molar refractivity (Wildman–Crippen MR) is 79.9 cm³/mol. The molecule has 1 aromatic heterocycles. The number of fused-ring (bicyclic) bond motifs is 1. The Labute approximate surface area is 120 Å². The van der Waals surface area contributed by atoms with Gasteiger partial charge in [-0.2, -0.15) is 0 Å². The number of carbonyl (C=O) groups is 1. The highest BCUT2D eigenvalue weighted by Gasteiger charge is 2.05. The second kappa shape index (κ2) is 5.35. The zero-order valence-electron chi connectivity index (χ0n) is 10.6. The number of carbonyl (C=O) groups excluding carboxylic acids is 1. The molecule has 5 heteroatoms. The second-order valence-corrected chi connectivity index (χ2v) is 4.92. The number of hydrogen-bond acceptors (Lipinski definition) is 2. The maximum absolute atomic E-state index is 12.0. The molecular weight excluding hydrogens is 274 g/mol. The van der Waals surface area contributed by atoms with Crippen LogP contribution in [0.3, 0.4) is 0 Å². The average molecular weight is 286 g/mol. The Balaban J connectivity index is 1.70. The van der Waals surface area contributed by atoms with Gasteiger partial charge >= 0.3 is 0 Å². The third kappa shape index (κ3) is 2.81. The van der Waals surface area contributed by atoms with Crippen LogP contribution in [-0.4, -0.2) is 15.9 Å². The monoisotopic (exact) mass is 285 g/mol. The Morgan fingerprint density at radius 1 is 1.20 bits per heavy atom. The molecule has 20 heavy (non-hydrogen) atoms. The highest BCUT2D eigenvalue weighted by atomic mass is 35.5. The van der Waals surface area contributed by atoms with E-state index in [1.165, 1.54) is 0 Å². The van der Waals surface area contributed by atoms with Crippen LogP contribution in [0.5, 0.6) is 0 Å². The van der Waals surface area contributed by atoms with Gasteiger partial charge in [0.15, 0.2) is 0 Å². The van der Waals surface area contributed by atoms with Gasteiger partial charge in [0.1, 0.15) is 0 Å². The number of imidazole rings is 1. The summed E-state index contributed by atoms with van der Waals surface area (Å²) in [4.78, 5) is 19.1. The number of nitrogens with one attached hydrogen (secondary N) is 2. The maximum atomic E-state index is 12.0. The van der Waals surface area contributed by atoms with Crippen molar-refractivity contribution in [3.63, 3.8) is 0 Å². The lowest BCUT2D eigenvalue weighted by molar-refractivity contribution is -0.115. The van der Waals surface area contributed by atoms with Crippen LogP contribution >= 0.6 is 11.6 Å². The first-order valence-electron chi connectivity index (χ1n) is 6.18. The molecule has 0 atom stereocenters. The van der Waals surface area contributed by atoms with Crippen LogP contribution in [-0.2, 0) is 11.2 Å². The number of aromatic amines is 1. The summed E-state index contributed by atoms with van der Waals surface area (Å²) in [5, 5.41) is 3.53. The van der Waals surface area contributed by atoms with Gasteiger partial charge in [-0.25, -0.2) is 4.98 Å². The van der Waals surface area contributed by atoms with Crippen molar-refractivity contribution < 1.29 is 4.79 Å². The summed E-state index contributed by atoms with van der Waals surface area (Å²) in [5.41, 5.74) is 3.45. The summed E-state index contributed by atoms with van der Waals surface area (Å²) in [6, 6.07) is 12.8. The fraction of sp³-hybridized carbons (Fsp3) is 0.0667. The van der Waals surface area contributed by atoms with Gasteiger partial charge in [0.05, 0.1) is 23.8 Å². The largest absolute Gasteiger partial charge is 0.345 e. The average Bonchev–Trinajstić information content (AvgIpc) is 2.89. The molecule has 3 rings (SSSR count). The molecule has 0 unspecified atom stereocenters. The molecule has 0 bridgehead atoms. The van der Waals surface area contributed by atoms with Crippen LogP contribution < -0.4 is 5.32 Å². The molecule has 0 radical (unpaired) electrons. The summed E-state index contributed by atoms with van der Waals surface area (Å²) in [6.45, 7) is 0. The van der Waals surface area contributed by atoms with Crippen molar-refractivity contribution in [2.75, 3.05) is 5.32 Å². The van der Waals surface area contributed by atoms with Crippen LogP contribution in [0.15, 0.2) is 48.8 Å². The number of benzene rings is 2. The van der Waals surface area contributed by atoms with E-state index < -0.39 is 0 Å². The second-order valence-electron chi connectivity index (χ2n) is 4.49. The Bertz CT molecular complexity index is 749. The van der Waals surface area contributed by atoms with Crippen molar-refractivity contribution in [3.05, 3.63) is 59.4 Å². The molecule has 0 fully saturated rings. The van der Waals surface area contributed by atoms with Crippen LogP contribution in [0.2, 0.25) is 5.02 Å². The Kier molecular flexibility index (Phi) is 3.39. The minimum atomic E-state index is -0.0637. The molecule has 0 aliphatic heterocycles. The van der Waals surface area contributed by atoms with E-state index in [2.05, 4.69) is 15.3 Å². The van der Waals surface area contributed by atoms with Gasteiger partial charge in [-0.15, -0.1) is 0 Å². The SMILES string of the molecule is O=C(Cc1ccc(Cl)cc1)Nc1ccc2nc[nH]c2c1. The normalized spacial score (nSPS) is 10.7. The van der Waals surface area contributed by atoms with Crippen molar-refractivity contribution >= 4 is 34.2 Å². The van der Waals surface area contributed by atoms with Crippen LogP contribution in [0.25, 0.3) is 11.0 Å². The Morgan fingerprint density at radius 2 is 2.00 bits per heavy atom.